The Bertz CT molecular complexity index is 692. The molecule has 5 heteroatoms. The average Bonchev–Trinajstić information content (AvgIpc) is 2.95. The fraction of sp³-hybridized carbons (Fsp3) is 0.0833. The molecule has 0 spiro atoms. The molecule has 17 heavy (non-hydrogen) atoms. The SMILES string of the molecule is C=Cc1nc(-c2cnn(C)c2)cn2nccc12. The van der Waals surface area contributed by atoms with Gasteiger partial charge in [0.25, 0.3) is 0 Å². The molecule has 0 unspecified atom stereocenters. The Kier molecular flexibility index (Phi) is 2.04. The number of aryl methyl sites for hydroxylation is 1. The zero-order valence-electron chi connectivity index (χ0n) is 9.41. The van der Waals surface area contributed by atoms with E-state index >= 15 is 0 Å². The summed E-state index contributed by atoms with van der Waals surface area (Å²) in [7, 11) is 1.88. The molecular weight excluding hydrogens is 214 g/mol. The Labute approximate surface area is 98.0 Å². The van der Waals surface area contributed by atoms with E-state index in [0.717, 1.165) is 22.5 Å². The predicted octanol–water partition coefficient (Wildman–Crippen LogP) is 1.77. The molecular formula is C12H11N5. The molecule has 0 aliphatic rings. The number of rotatable bonds is 2. The van der Waals surface area contributed by atoms with Crippen molar-refractivity contribution >= 4 is 11.6 Å². The van der Waals surface area contributed by atoms with Crippen LogP contribution in [-0.4, -0.2) is 24.4 Å². The second-order valence-corrected chi connectivity index (χ2v) is 3.78. The molecule has 5 nitrogen and oxygen atoms in total. The third kappa shape index (κ3) is 1.52. The van der Waals surface area contributed by atoms with Crippen LogP contribution in [0.4, 0.5) is 0 Å². The van der Waals surface area contributed by atoms with Gasteiger partial charge in [0.2, 0.25) is 0 Å². The van der Waals surface area contributed by atoms with Gasteiger partial charge in [0, 0.05) is 18.8 Å². The number of hydrogen-bond donors (Lipinski definition) is 0. The minimum Gasteiger partial charge on any atom is -0.275 e. The standard InChI is InChI=1S/C12H11N5/c1-3-10-12-4-5-13-17(12)8-11(15-10)9-6-14-16(2)7-9/h3-8H,1H2,2H3. The number of nitrogens with zero attached hydrogens (tertiary/aromatic N) is 5. The first-order chi connectivity index (χ1) is 8.28. The Balaban J connectivity index is 2.26. The lowest BCUT2D eigenvalue weighted by Crippen LogP contribution is -1.95. The van der Waals surface area contributed by atoms with Crippen LogP contribution in [0.1, 0.15) is 5.69 Å². The summed E-state index contributed by atoms with van der Waals surface area (Å²) in [6.45, 7) is 3.78. The molecule has 3 rings (SSSR count). The van der Waals surface area contributed by atoms with Crippen molar-refractivity contribution in [2.24, 2.45) is 7.05 Å². The summed E-state index contributed by atoms with van der Waals surface area (Å²) in [5.41, 5.74) is 3.58. The van der Waals surface area contributed by atoms with Crippen LogP contribution in [-0.2, 0) is 7.05 Å². The molecule has 0 aliphatic carbocycles. The van der Waals surface area contributed by atoms with Gasteiger partial charge in [-0.15, -0.1) is 0 Å². The Hall–Kier alpha value is -2.43. The molecule has 0 saturated heterocycles. The first-order valence-electron chi connectivity index (χ1n) is 5.24. The van der Waals surface area contributed by atoms with Crippen LogP contribution in [0.2, 0.25) is 0 Å². The molecule has 0 amide bonds. The molecule has 3 heterocycles. The molecule has 0 bridgehead atoms. The zero-order valence-corrected chi connectivity index (χ0v) is 9.41. The van der Waals surface area contributed by atoms with Crippen LogP contribution < -0.4 is 0 Å². The van der Waals surface area contributed by atoms with E-state index in [9.17, 15) is 0 Å². The van der Waals surface area contributed by atoms with Crippen LogP contribution in [0.5, 0.6) is 0 Å². The first-order valence-corrected chi connectivity index (χ1v) is 5.24. The van der Waals surface area contributed by atoms with Crippen molar-refractivity contribution in [2.75, 3.05) is 0 Å². The quantitative estimate of drug-likeness (QED) is 0.667. The Morgan fingerprint density at radius 3 is 2.88 bits per heavy atom. The summed E-state index contributed by atoms with van der Waals surface area (Å²) < 4.78 is 3.55. The summed E-state index contributed by atoms with van der Waals surface area (Å²) in [4.78, 5) is 4.54. The summed E-state index contributed by atoms with van der Waals surface area (Å²) in [5.74, 6) is 0. The van der Waals surface area contributed by atoms with Crippen molar-refractivity contribution in [2.45, 2.75) is 0 Å². The summed E-state index contributed by atoms with van der Waals surface area (Å²) in [6.07, 6.45) is 9.07. The van der Waals surface area contributed by atoms with Crippen LogP contribution in [0.3, 0.4) is 0 Å². The van der Waals surface area contributed by atoms with Crippen LogP contribution >= 0.6 is 0 Å². The summed E-state index contributed by atoms with van der Waals surface area (Å²) in [6, 6.07) is 1.91. The fourth-order valence-electron chi connectivity index (χ4n) is 1.79. The lowest BCUT2D eigenvalue weighted by molar-refractivity contribution is 0.768. The molecule has 3 aromatic rings. The van der Waals surface area contributed by atoms with Gasteiger partial charge in [0.15, 0.2) is 0 Å². The predicted molar refractivity (Wildman–Crippen MR) is 65.3 cm³/mol. The highest BCUT2D eigenvalue weighted by atomic mass is 15.2. The summed E-state index contributed by atoms with van der Waals surface area (Å²) >= 11 is 0. The van der Waals surface area contributed by atoms with Crippen molar-refractivity contribution in [3.05, 3.63) is 43.1 Å². The maximum absolute atomic E-state index is 4.54. The topological polar surface area (TPSA) is 48.0 Å². The Morgan fingerprint density at radius 2 is 2.18 bits per heavy atom. The second kappa shape index (κ2) is 3.55. The number of hydrogen-bond acceptors (Lipinski definition) is 3. The second-order valence-electron chi connectivity index (χ2n) is 3.78. The third-order valence-corrected chi connectivity index (χ3v) is 2.61. The van der Waals surface area contributed by atoms with Gasteiger partial charge in [-0.25, -0.2) is 9.50 Å². The normalized spacial score (nSPS) is 10.9. The van der Waals surface area contributed by atoms with Gasteiger partial charge >= 0.3 is 0 Å². The Morgan fingerprint density at radius 1 is 1.29 bits per heavy atom. The van der Waals surface area contributed by atoms with E-state index in [2.05, 4.69) is 21.8 Å². The van der Waals surface area contributed by atoms with Crippen LogP contribution in [0, 0.1) is 0 Å². The van der Waals surface area contributed by atoms with Gasteiger partial charge in [-0.05, 0) is 12.1 Å². The van der Waals surface area contributed by atoms with Crippen molar-refractivity contribution in [1.29, 1.82) is 0 Å². The largest absolute Gasteiger partial charge is 0.275 e. The maximum atomic E-state index is 4.54. The lowest BCUT2D eigenvalue weighted by Gasteiger charge is -2.02. The van der Waals surface area contributed by atoms with E-state index in [0.29, 0.717) is 0 Å². The van der Waals surface area contributed by atoms with E-state index in [-0.39, 0.29) is 0 Å². The molecule has 0 radical (unpaired) electrons. The van der Waals surface area contributed by atoms with Crippen molar-refractivity contribution < 1.29 is 0 Å². The zero-order chi connectivity index (χ0) is 11.8. The first kappa shape index (κ1) is 9.77. The highest BCUT2D eigenvalue weighted by molar-refractivity contribution is 5.68. The molecule has 0 aromatic carbocycles. The van der Waals surface area contributed by atoms with E-state index in [4.69, 9.17) is 0 Å². The fourth-order valence-corrected chi connectivity index (χ4v) is 1.79. The van der Waals surface area contributed by atoms with Crippen LogP contribution in [0.15, 0.2) is 37.4 Å². The molecule has 0 aliphatic heterocycles. The van der Waals surface area contributed by atoms with Crippen LogP contribution in [0.25, 0.3) is 22.9 Å². The van der Waals surface area contributed by atoms with E-state index in [1.54, 1.807) is 27.7 Å². The highest BCUT2D eigenvalue weighted by Crippen LogP contribution is 2.19. The maximum Gasteiger partial charge on any atom is 0.0925 e. The van der Waals surface area contributed by atoms with Crippen molar-refractivity contribution in [1.82, 2.24) is 24.4 Å². The molecule has 0 fully saturated rings. The smallest absolute Gasteiger partial charge is 0.0925 e. The van der Waals surface area contributed by atoms with E-state index in [1.165, 1.54) is 0 Å². The van der Waals surface area contributed by atoms with Crippen molar-refractivity contribution in [3.63, 3.8) is 0 Å². The lowest BCUT2D eigenvalue weighted by atomic mass is 10.2. The van der Waals surface area contributed by atoms with E-state index < -0.39 is 0 Å². The molecule has 0 saturated carbocycles. The minimum absolute atomic E-state index is 0.823. The van der Waals surface area contributed by atoms with E-state index in [1.807, 2.05) is 25.5 Å². The van der Waals surface area contributed by atoms with Gasteiger partial charge in [0.1, 0.15) is 0 Å². The molecule has 0 atom stereocenters. The van der Waals surface area contributed by atoms with Gasteiger partial charge < -0.3 is 0 Å². The van der Waals surface area contributed by atoms with Gasteiger partial charge in [0.05, 0.1) is 35.5 Å². The van der Waals surface area contributed by atoms with Gasteiger partial charge in [-0.2, -0.15) is 10.2 Å². The van der Waals surface area contributed by atoms with Gasteiger partial charge in [-0.3, -0.25) is 4.68 Å². The third-order valence-electron chi connectivity index (χ3n) is 2.61. The monoisotopic (exact) mass is 225 g/mol. The van der Waals surface area contributed by atoms with Gasteiger partial charge in [-0.1, -0.05) is 6.58 Å². The molecule has 84 valence electrons. The summed E-state index contributed by atoms with van der Waals surface area (Å²) in [5, 5.41) is 8.36. The highest BCUT2D eigenvalue weighted by Gasteiger charge is 2.07. The minimum atomic E-state index is 0.823. The number of aromatic nitrogens is 5. The molecule has 0 N–H and O–H groups in total. The van der Waals surface area contributed by atoms with Crippen molar-refractivity contribution in [3.8, 4) is 11.3 Å². The number of fused-ring (bicyclic) bond motifs is 1. The average molecular weight is 225 g/mol. The molecule has 3 aromatic heterocycles.